The number of ether oxygens (including phenoxy) is 1. The summed E-state index contributed by atoms with van der Waals surface area (Å²) in [4.78, 5) is 22.8. The molecule has 1 fully saturated rings. The van der Waals surface area contributed by atoms with Crippen LogP contribution in [0.15, 0.2) is 36.4 Å². The monoisotopic (exact) mass is 369 g/mol. The molecule has 1 atom stereocenters. The molecule has 1 saturated heterocycles. The summed E-state index contributed by atoms with van der Waals surface area (Å²) in [5.74, 6) is 1.43. The minimum Gasteiger partial charge on any atom is -0.444 e. The summed E-state index contributed by atoms with van der Waals surface area (Å²) >= 11 is 0. The summed E-state index contributed by atoms with van der Waals surface area (Å²) < 4.78 is 5.29. The number of anilines is 2. The third-order valence-corrected chi connectivity index (χ3v) is 4.34. The van der Waals surface area contributed by atoms with Crippen LogP contribution in [0.4, 0.5) is 16.6 Å². The maximum absolute atomic E-state index is 11.8. The van der Waals surface area contributed by atoms with Gasteiger partial charge >= 0.3 is 6.09 Å². The number of carbonyl (C=O) groups excluding carboxylic acids is 1. The highest BCUT2D eigenvalue weighted by Crippen LogP contribution is 2.26. The number of alkyl carbamates (subject to hydrolysis) is 1. The van der Waals surface area contributed by atoms with Gasteiger partial charge in [0.15, 0.2) is 0 Å². The first kappa shape index (κ1) is 18.9. The van der Waals surface area contributed by atoms with Crippen LogP contribution in [0.5, 0.6) is 0 Å². The van der Waals surface area contributed by atoms with Crippen molar-refractivity contribution in [2.24, 2.45) is 5.92 Å². The van der Waals surface area contributed by atoms with Crippen molar-refractivity contribution in [3.63, 3.8) is 0 Å². The Bertz CT molecular complexity index is 789. The number of nitrogens with one attached hydrogen (secondary N) is 1. The summed E-state index contributed by atoms with van der Waals surface area (Å²) in [6.07, 6.45) is 0.596. The van der Waals surface area contributed by atoms with E-state index in [1.165, 1.54) is 0 Å². The van der Waals surface area contributed by atoms with Crippen molar-refractivity contribution in [1.82, 2.24) is 15.3 Å². The molecule has 3 N–H and O–H groups in total. The highest BCUT2D eigenvalue weighted by atomic mass is 16.6. The van der Waals surface area contributed by atoms with E-state index in [1.807, 2.05) is 57.2 Å². The lowest BCUT2D eigenvalue weighted by Gasteiger charge is -2.21. The standard InChI is InChI=1S/C20H27N5O2/c1-20(2,3)27-19(26)22-12-14-9-10-25(13-14)17-11-16(23-18(21)24-17)15-7-5-4-6-8-15/h4-8,11,14H,9-10,12-13H2,1-3H3,(H,22,26)(H2,21,23,24). The van der Waals surface area contributed by atoms with Gasteiger partial charge in [-0.25, -0.2) is 9.78 Å². The van der Waals surface area contributed by atoms with Gasteiger partial charge in [-0.1, -0.05) is 30.3 Å². The quantitative estimate of drug-likeness (QED) is 0.860. The maximum Gasteiger partial charge on any atom is 0.407 e. The molecule has 1 unspecified atom stereocenters. The van der Waals surface area contributed by atoms with Gasteiger partial charge in [-0.05, 0) is 33.1 Å². The van der Waals surface area contributed by atoms with Gasteiger partial charge < -0.3 is 20.7 Å². The van der Waals surface area contributed by atoms with E-state index in [2.05, 4.69) is 20.2 Å². The Kier molecular flexibility index (Phi) is 5.48. The molecule has 27 heavy (non-hydrogen) atoms. The Morgan fingerprint density at radius 2 is 2.04 bits per heavy atom. The molecule has 7 nitrogen and oxygen atoms in total. The molecular weight excluding hydrogens is 342 g/mol. The average molecular weight is 369 g/mol. The zero-order valence-electron chi connectivity index (χ0n) is 16.1. The zero-order valence-corrected chi connectivity index (χ0v) is 16.1. The number of hydrogen-bond donors (Lipinski definition) is 2. The van der Waals surface area contributed by atoms with Crippen LogP contribution in [-0.2, 0) is 4.74 Å². The first-order chi connectivity index (χ1) is 12.8. The Hall–Kier alpha value is -2.83. The molecule has 1 aliphatic rings. The van der Waals surface area contributed by atoms with E-state index in [0.29, 0.717) is 12.5 Å². The van der Waals surface area contributed by atoms with Crippen molar-refractivity contribution in [2.45, 2.75) is 32.8 Å². The SMILES string of the molecule is CC(C)(C)OC(=O)NCC1CCN(c2cc(-c3ccccc3)nc(N)n2)C1. The number of aromatic nitrogens is 2. The number of nitrogens with two attached hydrogens (primary N) is 1. The van der Waals surface area contributed by atoms with Gasteiger partial charge in [-0.3, -0.25) is 0 Å². The maximum atomic E-state index is 11.8. The van der Waals surface area contributed by atoms with E-state index in [0.717, 1.165) is 36.6 Å². The molecule has 144 valence electrons. The number of amides is 1. The molecule has 0 aliphatic carbocycles. The molecule has 0 saturated carbocycles. The lowest BCUT2D eigenvalue weighted by atomic mass is 10.1. The summed E-state index contributed by atoms with van der Waals surface area (Å²) in [5.41, 5.74) is 7.27. The first-order valence-electron chi connectivity index (χ1n) is 9.22. The fourth-order valence-electron chi connectivity index (χ4n) is 3.12. The van der Waals surface area contributed by atoms with Crippen molar-refractivity contribution < 1.29 is 9.53 Å². The third kappa shape index (κ3) is 5.32. The van der Waals surface area contributed by atoms with Crippen LogP contribution >= 0.6 is 0 Å². The van der Waals surface area contributed by atoms with Crippen LogP contribution in [0, 0.1) is 5.92 Å². The molecule has 0 spiro atoms. The predicted octanol–water partition coefficient (Wildman–Crippen LogP) is 3.08. The number of hydrogen-bond acceptors (Lipinski definition) is 6. The molecule has 1 aromatic heterocycles. The lowest BCUT2D eigenvalue weighted by Crippen LogP contribution is -2.36. The molecule has 1 amide bonds. The summed E-state index contributed by atoms with van der Waals surface area (Å²) in [6.45, 7) is 7.82. The Balaban J connectivity index is 1.62. The van der Waals surface area contributed by atoms with Crippen LogP contribution in [0.3, 0.4) is 0 Å². The van der Waals surface area contributed by atoms with E-state index in [-0.39, 0.29) is 12.0 Å². The topological polar surface area (TPSA) is 93.4 Å². The fourth-order valence-corrected chi connectivity index (χ4v) is 3.12. The van der Waals surface area contributed by atoms with E-state index in [1.54, 1.807) is 0 Å². The second-order valence-electron chi connectivity index (χ2n) is 7.82. The summed E-state index contributed by atoms with van der Waals surface area (Å²) in [5, 5.41) is 2.86. The smallest absolute Gasteiger partial charge is 0.407 e. The number of nitrogen functional groups attached to an aromatic ring is 1. The minimum absolute atomic E-state index is 0.265. The molecular formula is C20H27N5O2. The summed E-state index contributed by atoms with van der Waals surface area (Å²) in [7, 11) is 0. The zero-order chi connectivity index (χ0) is 19.4. The lowest BCUT2D eigenvalue weighted by molar-refractivity contribution is 0.0520. The van der Waals surface area contributed by atoms with Crippen molar-refractivity contribution >= 4 is 17.9 Å². The van der Waals surface area contributed by atoms with Crippen molar-refractivity contribution in [3.8, 4) is 11.3 Å². The first-order valence-corrected chi connectivity index (χ1v) is 9.22. The highest BCUT2D eigenvalue weighted by Gasteiger charge is 2.25. The van der Waals surface area contributed by atoms with Crippen molar-refractivity contribution in [3.05, 3.63) is 36.4 Å². The van der Waals surface area contributed by atoms with Gasteiger partial charge in [-0.15, -0.1) is 0 Å². The molecule has 0 radical (unpaired) electrons. The molecule has 1 aromatic carbocycles. The number of nitrogens with zero attached hydrogens (tertiary/aromatic N) is 3. The predicted molar refractivity (Wildman–Crippen MR) is 106 cm³/mol. The second-order valence-corrected chi connectivity index (χ2v) is 7.82. The molecule has 3 rings (SSSR count). The fraction of sp³-hybridized carbons (Fsp3) is 0.450. The van der Waals surface area contributed by atoms with Crippen LogP contribution < -0.4 is 16.0 Å². The van der Waals surface area contributed by atoms with Gasteiger partial charge in [0.25, 0.3) is 0 Å². The van der Waals surface area contributed by atoms with Gasteiger partial charge in [0, 0.05) is 31.3 Å². The normalized spacial score (nSPS) is 17.0. The van der Waals surface area contributed by atoms with E-state index in [4.69, 9.17) is 10.5 Å². The van der Waals surface area contributed by atoms with Crippen molar-refractivity contribution in [2.75, 3.05) is 30.3 Å². The molecule has 2 heterocycles. The van der Waals surface area contributed by atoms with Crippen LogP contribution in [-0.4, -0.2) is 41.3 Å². The number of carbonyl (C=O) groups is 1. The van der Waals surface area contributed by atoms with Gasteiger partial charge in [0.2, 0.25) is 5.95 Å². The molecule has 2 aromatic rings. The van der Waals surface area contributed by atoms with Gasteiger partial charge in [-0.2, -0.15) is 4.98 Å². The average Bonchev–Trinajstić information content (AvgIpc) is 3.08. The van der Waals surface area contributed by atoms with Gasteiger partial charge in [0.1, 0.15) is 11.4 Å². The van der Waals surface area contributed by atoms with E-state index in [9.17, 15) is 4.79 Å². The number of rotatable bonds is 4. The van der Waals surface area contributed by atoms with Gasteiger partial charge in [0.05, 0.1) is 5.69 Å². The molecule has 1 aliphatic heterocycles. The van der Waals surface area contributed by atoms with Crippen LogP contribution in [0.25, 0.3) is 11.3 Å². The van der Waals surface area contributed by atoms with Crippen LogP contribution in [0.2, 0.25) is 0 Å². The Morgan fingerprint density at radius 1 is 1.30 bits per heavy atom. The number of benzene rings is 1. The van der Waals surface area contributed by atoms with Crippen LogP contribution in [0.1, 0.15) is 27.2 Å². The molecule has 0 bridgehead atoms. The van der Waals surface area contributed by atoms with E-state index < -0.39 is 5.60 Å². The van der Waals surface area contributed by atoms with Crippen molar-refractivity contribution in [1.29, 1.82) is 0 Å². The third-order valence-electron chi connectivity index (χ3n) is 4.34. The minimum atomic E-state index is -0.488. The Morgan fingerprint density at radius 3 is 2.74 bits per heavy atom. The summed E-state index contributed by atoms with van der Waals surface area (Å²) in [6, 6.07) is 11.9. The van der Waals surface area contributed by atoms with E-state index >= 15 is 0 Å². The highest BCUT2D eigenvalue weighted by molar-refractivity contribution is 5.67. The molecule has 7 heteroatoms. The largest absolute Gasteiger partial charge is 0.444 e. The Labute approximate surface area is 159 Å². The second kappa shape index (κ2) is 7.82.